The molecule has 2 rings (SSSR count). The molecule has 0 atom stereocenters. The van der Waals surface area contributed by atoms with Crippen LogP contribution in [0, 0.1) is 13.8 Å². The molecule has 1 aliphatic rings. The Kier molecular flexibility index (Phi) is 4.52. The zero-order chi connectivity index (χ0) is 15.6. The van der Waals surface area contributed by atoms with Crippen LogP contribution in [0.4, 0.5) is 4.79 Å². The van der Waals surface area contributed by atoms with E-state index in [1.165, 1.54) is 0 Å². The number of esters is 1. The molecule has 112 valence electrons. The molecule has 2 heterocycles. The van der Waals surface area contributed by atoms with Crippen LogP contribution in [-0.2, 0) is 14.3 Å². The fraction of sp³-hybridized carbons (Fsp3) is 0.357. The Bertz CT molecular complexity index is 631. The summed E-state index contributed by atoms with van der Waals surface area (Å²) in [7, 11) is 0. The number of nitrogens with zero attached hydrogens (tertiary/aromatic N) is 1. The first kappa shape index (κ1) is 15.4. The molecule has 0 unspecified atom stereocenters. The van der Waals surface area contributed by atoms with E-state index in [9.17, 15) is 14.4 Å². The highest BCUT2D eigenvalue weighted by molar-refractivity contribution is 8.18. The number of carbonyl (C=O) groups excluding carboxylic acids is 3. The van der Waals surface area contributed by atoms with Crippen molar-refractivity contribution in [2.24, 2.45) is 0 Å². The predicted octanol–water partition coefficient (Wildman–Crippen LogP) is 2.50. The highest BCUT2D eigenvalue weighted by atomic mass is 32.2. The molecule has 1 aromatic rings. The minimum absolute atomic E-state index is 0.207. The van der Waals surface area contributed by atoms with E-state index < -0.39 is 17.1 Å². The molecule has 1 fully saturated rings. The number of ether oxygens (including phenoxy) is 1. The lowest BCUT2D eigenvalue weighted by Gasteiger charge is -2.10. The molecular formula is C14H15NO5S. The van der Waals surface area contributed by atoms with Gasteiger partial charge in [0.2, 0.25) is 0 Å². The van der Waals surface area contributed by atoms with Crippen LogP contribution in [0.3, 0.4) is 0 Å². The van der Waals surface area contributed by atoms with E-state index in [1.54, 1.807) is 32.9 Å². The van der Waals surface area contributed by atoms with Gasteiger partial charge < -0.3 is 9.15 Å². The Morgan fingerprint density at radius 3 is 2.71 bits per heavy atom. The number of furan rings is 1. The van der Waals surface area contributed by atoms with Crippen LogP contribution in [0.25, 0.3) is 6.08 Å². The van der Waals surface area contributed by atoms with Crippen molar-refractivity contribution in [3.8, 4) is 0 Å². The lowest BCUT2D eigenvalue weighted by Crippen LogP contribution is -2.34. The molecule has 1 saturated heterocycles. The number of hydrogen-bond donors (Lipinski definition) is 0. The first-order valence-electron chi connectivity index (χ1n) is 6.40. The third-order valence-corrected chi connectivity index (χ3v) is 3.74. The van der Waals surface area contributed by atoms with Gasteiger partial charge in [-0.2, -0.15) is 0 Å². The van der Waals surface area contributed by atoms with Gasteiger partial charge >= 0.3 is 5.97 Å². The highest BCUT2D eigenvalue weighted by Crippen LogP contribution is 2.33. The lowest BCUT2D eigenvalue weighted by molar-refractivity contribution is -0.145. The first-order valence-corrected chi connectivity index (χ1v) is 7.22. The number of hydrogen-bond acceptors (Lipinski definition) is 6. The van der Waals surface area contributed by atoms with Crippen LogP contribution >= 0.6 is 11.8 Å². The van der Waals surface area contributed by atoms with Gasteiger partial charge in [0.15, 0.2) is 0 Å². The minimum atomic E-state index is -0.601. The summed E-state index contributed by atoms with van der Waals surface area (Å²) >= 11 is 0.804. The van der Waals surface area contributed by atoms with Gasteiger partial charge in [0.1, 0.15) is 18.1 Å². The molecule has 2 amide bonds. The maximum atomic E-state index is 12.2. The van der Waals surface area contributed by atoms with E-state index in [2.05, 4.69) is 0 Å². The van der Waals surface area contributed by atoms with Crippen molar-refractivity contribution in [2.75, 3.05) is 13.2 Å². The zero-order valence-electron chi connectivity index (χ0n) is 12.0. The van der Waals surface area contributed by atoms with Gasteiger partial charge in [0, 0.05) is 5.56 Å². The van der Waals surface area contributed by atoms with Crippen molar-refractivity contribution in [1.82, 2.24) is 4.90 Å². The van der Waals surface area contributed by atoms with Crippen LogP contribution in [-0.4, -0.2) is 35.2 Å². The van der Waals surface area contributed by atoms with Gasteiger partial charge in [-0.3, -0.25) is 19.3 Å². The van der Waals surface area contributed by atoms with Gasteiger partial charge in [0.05, 0.1) is 11.5 Å². The summed E-state index contributed by atoms with van der Waals surface area (Å²) in [6.07, 6.45) is 1.60. The van der Waals surface area contributed by atoms with Crippen LogP contribution in [0.5, 0.6) is 0 Å². The van der Waals surface area contributed by atoms with Crippen molar-refractivity contribution in [3.05, 3.63) is 28.1 Å². The van der Waals surface area contributed by atoms with Crippen LogP contribution in [0.1, 0.15) is 24.0 Å². The number of aryl methyl sites for hydroxylation is 2. The molecule has 0 saturated carbocycles. The predicted molar refractivity (Wildman–Crippen MR) is 77.5 cm³/mol. The zero-order valence-corrected chi connectivity index (χ0v) is 12.8. The molecular weight excluding hydrogens is 294 g/mol. The van der Waals surface area contributed by atoms with E-state index in [0.717, 1.165) is 28.0 Å². The second-order valence-electron chi connectivity index (χ2n) is 4.44. The monoisotopic (exact) mass is 309 g/mol. The Hall–Kier alpha value is -2.02. The quantitative estimate of drug-likeness (QED) is 0.628. The minimum Gasteiger partial charge on any atom is -0.466 e. The molecule has 0 spiro atoms. The van der Waals surface area contributed by atoms with Crippen molar-refractivity contribution in [3.63, 3.8) is 0 Å². The molecule has 7 heteroatoms. The second-order valence-corrected chi connectivity index (χ2v) is 5.43. The lowest BCUT2D eigenvalue weighted by atomic mass is 10.2. The maximum absolute atomic E-state index is 12.2. The fourth-order valence-corrected chi connectivity index (χ4v) is 2.74. The van der Waals surface area contributed by atoms with E-state index in [4.69, 9.17) is 9.15 Å². The second kappa shape index (κ2) is 6.17. The van der Waals surface area contributed by atoms with Crippen LogP contribution in [0.2, 0.25) is 0 Å². The summed E-state index contributed by atoms with van der Waals surface area (Å²) in [6.45, 7) is 5.09. The average Bonchev–Trinajstić information content (AvgIpc) is 2.84. The Morgan fingerprint density at radius 1 is 1.43 bits per heavy atom. The third-order valence-electron chi connectivity index (χ3n) is 2.83. The Balaban J connectivity index is 2.18. The van der Waals surface area contributed by atoms with Crippen molar-refractivity contribution in [1.29, 1.82) is 0 Å². The summed E-state index contributed by atoms with van der Waals surface area (Å²) in [5, 5.41) is -0.475. The standard InChI is InChI=1S/C14H15NO5S/c1-4-19-12(16)7-15-13(17)11(21-14(15)18)6-10-5-8(2)20-9(10)3/h5-6H,4,7H2,1-3H3/b11-6+. The Morgan fingerprint density at radius 2 is 2.14 bits per heavy atom. The molecule has 1 aliphatic heterocycles. The van der Waals surface area contributed by atoms with E-state index in [-0.39, 0.29) is 18.1 Å². The number of imide groups is 1. The number of carbonyl (C=O) groups is 3. The Labute approximate surface area is 126 Å². The summed E-state index contributed by atoms with van der Waals surface area (Å²) in [4.78, 5) is 36.5. The normalized spacial score (nSPS) is 16.9. The van der Waals surface area contributed by atoms with Crippen molar-refractivity contribution in [2.45, 2.75) is 20.8 Å². The molecule has 0 N–H and O–H groups in total. The number of rotatable bonds is 4. The van der Waals surface area contributed by atoms with Crippen LogP contribution in [0.15, 0.2) is 15.4 Å². The summed E-state index contributed by atoms with van der Waals surface area (Å²) < 4.78 is 10.1. The van der Waals surface area contributed by atoms with Gasteiger partial charge in [-0.1, -0.05) is 0 Å². The van der Waals surface area contributed by atoms with E-state index >= 15 is 0 Å². The molecule has 0 bridgehead atoms. The van der Waals surface area contributed by atoms with Crippen LogP contribution < -0.4 is 0 Å². The summed E-state index contributed by atoms with van der Waals surface area (Å²) in [5.74, 6) is 0.307. The molecule has 1 aromatic heterocycles. The maximum Gasteiger partial charge on any atom is 0.326 e. The SMILES string of the molecule is CCOC(=O)CN1C(=O)S/C(=C/c2cc(C)oc2C)C1=O. The van der Waals surface area contributed by atoms with Gasteiger partial charge in [-0.05, 0) is 44.7 Å². The van der Waals surface area contributed by atoms with Gasteiger partial charge in [-0.25, -0.2) is 0 Å². The van der Waals surface area contributed by atoms with Crippen molar-refractivity contribution < 1.29 is 23.5 Å². The topological polar surface area (TPSA) is 76.8 Å². The number of thioether (sulfide) groups is 1. The first-order chi connectivity index (χ1) is 9.92. The van der Waals surface area contributed by atoms with E-state index in [0.29, 0.717) is 5.76 Å². The molecule has 6 nitrogen and oxygen atoms in total. The van der Waals surface area contributed by atoms with Crippen molar-refractivity contribution >= 4 is 35.0 Å². The molecule has 21 heavy (non-hydrogen) atoms. The van der Waals surface area contributed by atoms with Gasteiger partial charge in [-0.15, -0.1) is 0 Å². The van der Waals surface area contributed by atoms with E-state index in [1.807, 2.05) is 0 Å². The largest absolute Gasteiger partial charge is 0.466 e. The highest BCUT2D eigenvalue weighted by Gasteiger charge is 2.36. The smallest absolute Gasteiger partial charge is 0.326 e. The van der Waals surface area contributed by atoms with Gasteiger partial charge in [0.25, 0.3) is 11.1 Å². The average molecular weight is 309 g/mol. The fourth-order valence-electron chi connectivity index (χ4n) is 1.91. The summed E-state index contributed by atoms with van der Waals surface area (Å²) in [5.41, 5.74) is 0.745. The molecule has 0 aromatic carbocycles. The third kappa shape index (κ3) is 3.36. The molecule has 0 aliphatic carbocycles. The number of amides is 2. The molecule has 0 radical (unpaired) electrons. The summed E-state index contributed by atoms with van der Waals surface area (Å²) in [6, 6.07) is 1.79.